The molecule has 160 valence electrons. The van der Waals surface area contributed by atoms with Gasteiger partial charge in [0.1, 0.15) is 12.3 Å². The molecule has 1 aromatic carbocycles. The van der Waals surface area contributed by atoms with Crippen LogP contribution in [0.5, 0.6) is 0 Å². The summed E-state index contributed by atoms with van der Waals surface area (Å²) in [5, 5.41) is 3.12. The van der Waals surface area contributed by atoms with Gasteiger partial charge in [0.2, 0.25) is 11.8 Å². The van der Waals surface area contributed by atoms with Crippen molar-refractivity contribution in [3.63, 3.8) is 0 Å². The van der Waals surface area contributed by atoms with Gasteiger partial charge in [-0.25, -0.2) is 8.42 Å². The van der Waals surface area contributed by atoms with Crippen molar-refractivity contribution in [2.24, 2.45) is 0 Å². The molecule has 7 nitrogen and oxygen atoms in total. The highest BCUT2D eigenvalue weighted by Gasteiger charge is 2.26. The Morgan fingerprint density at radius 1 is 1.10 bits per heavy atom. The number of nitrogens with zero attached hydrogens (tertiary/aromatic N) is 2. The summed E-state index contributed by atoms with van der Waals surface area (Å²) in [6, 6.07) is 7.11. The van der Waals surface area contributed by atoms with Crippen molar-refractivity contribution in [1.29, 1.82) is 0 Å². The third-order valence-corrected chi connectivity index (χ3v) is 6.32. The fraction of sp³-hybridized carbons (Fsp3) is 0.524. The average Bonchev–Trinajstić information content (AvgIpc) is 2.98. The highest BCUT2D eigenvalue weighted by Crippen LogP contribution is 2.26. The molecule has 0 unspecified atom stereocenters. The first-order valence-corrected chi connectivity index (χ1v) is 11.6. The standard InChI is InChI=1S/C21H31N3O4S/c1-6-11-22-20(25)14-29(27,28)19-12-23(18-10-8-7-9-17(18)19)13-21(26)24(15(2)3)16(4)5/h7-10,12,15-16H,6,11,13-14H2,1-5H3,(H,22,25). The largest absolute Gasteiger partial charge is 0.355 e. The van der Waals surface area contributed by atoms with E-state index in [1.54, 1.807) is 33.7 Å². The molecule has 0 bridgehead atoms. The van der Waals surface area contributed by atoms with Gasteiger partial charge < -0.3 is 14.8 Å². The Morgan fingerprint density at radius 2 is 1.72 bits per heavy atom. The molecule has 8 heteroatoms. The SMILES string of the molecule is CCCNC(=O)CS(=O)(=O)c1cn(CC(=O)N(C(C)C)C(C)C)c2ccccc12. The molecule has 2 aromatic rings. The number of hydrogen-bond acceptors (Lipinski definition) is 4. The number of carbonyl (C=O) groups excluding carboxylic acids is 2. The van der Waals surface area contributed by atoms with Crippen molar-refractivity contribution in [2.45, 2.75) is 64.6 Å². The van der Waals surface area contributed by atoms with Gasteiger partial charge in [0.25, 0.3) is 0 Å². The Labute approximate surface area is 173 Å². The Bertz CT molecular complexity index is 969. The van der Waals surface area contributed by atoms with Gasteiger partial charge in [0.05, 0.1) is 4.90 Å². The van der Waals surface area contributed by atoms with E-state index in [0.717, 1.165) is 6.42 Å². The van der Waals surface area contributed by atoms with E-state index in [1.165, 1.54) is 6.20 Å². The average molecular weight is 422 g/mol. The van der Waals surface area contributed by atoms with E-state index in [0.29, 0.717) is 17.4 Å². The molecule has 0 aliphatic carbocycles. The Balaban J connectivity index is 2.40. The molecule has 0 aliphatic rings. The summed E-state index contributed by atoms with van der Waals surface area (Å²) < 4.78 is 27.5. The van der Waals surface area contributed by atoms with Crippen LogP contribution >= 0.6 is 0 Å². The van der Waals surface area contributed by atoms with Crippen LogP contribution in [0.2, 0.25) is 0 Å². The fourth-order valence-corrected chi connectivity index (χ4v) is 4.96. The lowest BCUT2D eigenvalue weighted by molar-refractivity contribution is -0.135. The van der Waals surface area contributed by atoms with E-state index in [1.807, 2.05) is 34.6 Å². The summed E-state index contributed by atoms with van der Waals surface area (Å²) in [6.45, 7) is 10.2. The molecule has 0 aliphatic heterocycles. The molecule has 2 amide bonds. The molecule has 0 atom stereocenters. The van der Waals surface area contributed by atoms with Crippen molar-refractivity contribution >= 4 is 32.6 Å². The second-order valence-corrected chi connectivity index (χ2v) is 9.69. The van der Waals surface area contributed by atoms with Crippen LogP contribution < -0.4 is 5.32 Å². The number of rotatable bonds is 9. The molecule has 0 spiro atoms. The van der Waals surface area contributed by atoms with Crippen LogP contribution in [0.4, 0.5) is 0 Å². The number of amides is 2. The van der Waals surface area contributed by atoms with E-state index in [9.17, 15) is 18.0 Å². The maximum atomic E-state index is 12.9. The van der Waals surface area contributed by atoms with Gasteiger partial charge in [-0.1, -0.05) is 25.1 Å². The van der Waals surface area contributed by atoms with Gasteiger partial charge in [-0.2, -0.15) is 0 Å². The van der Waals surface area contributed by atoms with E-state index in [2.05, 4.69) is 5.32 Å². The second-order valence-electron chi connectivity index (χ2n) is 7.74. The van der Waals surface area contributed by atoms with Gasteiger partial charge in [-0.3, -0.25) is 9.59 Å². The third-order valence-electron chi connectivity index (χ3n) is 4.69. The second kappa shape index (κ2) is 9.43. The van der Waals surface area contributed by atoms with Gasteiger partial charge in [0, 0.05) is 35.7 Å². The first-order chi connectivity index (χ1) is 13.6. The number of sulfone groups is 1. The topological polar surface area (TPSA) is 88.5 Å². The van der Waals surface area contributed by atoms with Crippen molar-refractivity contribution in [3.05, 3.63) is 30.5 Å². The molecule has 2 rings (SSSR count). The van der Waals surface area contributed by atoms with E-state index in [-0.39, 0.29) is 29.4 Å². The molecular formula is C21H31N3O4S. The smallest absolute Gasteiger partial charge is 0.242 e. The molecule has 0 saturated carbocycles. The fourth-order valence-electron chi connectivity index (χ4n) is 3.56. The van der Waals surface area contributed by atoms with Crippen molar-refractivity contribution in [2.75, 3.05) is 12.3 Å². The van der Waals surface area contributed by atoms with E-state index < -0.39 is 21.5 Å². The van der Waals surface area contributed by atoms with E-state index >= 15 is 0 Å². The summed E-state index contributed by atoms with van der Waals surface area (Å²) in [7, 11) is -3.84. The first kappa shape index (κ1) is 22.9. The van der Waals surface area contributed by atoms with Crippen LogP contribution in [-0.4, -0.2) is 54.1 Å². The molecule has 1 aromatic heterocycles. The summed E-state index contributed by atoms with van der Waals surface area (Å²) in [5.74, 6) is -1.22. The zero-order valence-electron chi connectivity index (χ0n) is 17.8. The normalized spacial score (nSPS) is 12.0. The van der Waals surface area contributed by atoms with Crippen molar-refractivity contribution < 1.29 is 18.0 Å². The summed E-state index contributed by atoms with van der Waals surface area (Å²) >= 11 is 0. The van der Waals surface area contributed by atoms with Crippen LogP contribution in [-0.2, 0) is 26.0 Å². The molecule has 1 heterocycles. The number of para-hydroxylation sites is 1. The van der Waals surface area contributed by atoms with Crippen LogP contribution in [0.3, 0.4) is 0 Å². The summed E-state index contributed by atoms with van der Waals surface area (Å²) in [4.78, 5) is 26.7. The third kappa shape index (κ3) is 5.38. The van der Waals surface area contributed by atoms with Gasteiger partial charge >= 0.3 is 0 Å². The van der Waals surface area contributed by atoms with Gasteiger partial charge in [-0.15, -0.1) is 0 Å². The predicted octanol–water partition coefficient (Wildman–Crippen LogP) is 2.59. The number of fused-ring (bicyclic) bond motifs is 1. The molecular weight excluding hydrogens is 390 g/mol. The predicted molar refractivity (Wildman–Crippen MR) is 114 cm³/mol. The highest BCUT2D eigenvalue weighted by molar-refractivity contribution is 7.92. The highest BCUT2D eigenvalue weighted by atomic mass is 32.2. The number of carbonyl (C=O) groups is 2. The lowest BCUT2D eigenvalue weighted by Crippen LogP contribution is -2.43. The number of nitrogens with one attached hydrogen (secondary N) is 1. The minimum absolute atomic E-state index is 0.0361. The lowest BCUT2D eigenvalue weighted by atomic mass is 10.2. The Hall–Kier alpha value is -2.35. The molecule has 0 radical (unpaired) electrons. The van der Waals surface area contributed by atoms with Gasteiger partial charge in [0.15, 0.2) is 9.84 Å². The number of hydrogen-bond donors (Lipinski definition) is 1. The van der Waals surface area contributed by atoms with Crippen LogP contribution in [0.15, 0.2) is 35.4 Å². The lowest BCUT2D eigenvalue weighted by Gasteiger charge is -2.31. The van der Waals surface area contributed by atoms with Crippen LogP contribution in [0.1, 0.15) is 41.0 Å². The van der Waals surface area contributed by atoms with Crippen LogP contribution in [0, 0.1) is 0 Å². The Kier molecular flexibility index (Phi) is 7.46. The zero-order chi connectivity index (χ0) is 21.8. The first-order valence-electron chi connectivity index (χ1n) is 9.97. The summed E-state index contributed by atoms with van der Waals surface area (Å²) in [5.41, 5.74) is 0.654. The van der Waals surface area contributed by atoms with Crippen molar-refractivity contribution in [1.82, 2.24) is 14.8 Å². The quantitative estimate of drug-likeness (QED) is 0.674. The maximum Gasteiger partial charge on any atom is 0.242 e. The minimum Gasteiger partial charge on any atom is -0.355 e. The van der Waals surface area contributed by atoms with Gasteiger partial charge in [-0.05, 0) is 40.2 Å². The number of aromatic nitrogens is 1. The van der Waals surface area contributed by atoms with E-state index in [4.69, 9.17) is 0 Å². The Morgan fingerprint density at radius 3 is 2.31 bits per heavy atom. The summed E-state index contributed by atoms with van der Waals surface area (Å²) in [6.07, 6.45) is 2.21. The molecule has 29 heavy (non-hydrogen) atoms. The maximum absolute atomic E-state index is 12.9. The molecule has 1 N–H and O–H groups in total. The zero-order valence-corrected chi connectivity index (χ0v) is 18.6. The van der Waals surface area contributed by atoms with Crippen molar-refractivity contribution in [3.8, 4) is 0 Å². The van der Waals surface area contributed by atoms with Crippen LogP contribution in [0.25, 0.3) is 10.9 Å². The molecule has 0 fully saturated rings. The molecule has 0 saturated heterocycles. The monoisotopic (exact) mass is 421 g/mol. The minimum atomic E-state index is -3.84. The number of benzene rings is 1.